The molecule has 11 heavy (non-hydrogen) atoms. The Morgan fingerprint density at radius 1 is 1.73 bits per heavy atom. The molecular weight excluding hydrogens is 158 g/mol. The molecule has 0 amide bonds. The lowest BCUT2D eigenvalue weighted by Gasteiger charge is -1.98. The second kappa shape index (κ2) is 4.13. The predicted molar refractivity (Wildman–Crippen MR) is 46.0 cm³/mol. The van der Waals surface area contributed by atoms with Gasteiger partial charge in [-0.1, -0.05) is 6.92 Å². The van der Waals surface area contributed by atoms with Crippen molar-refractivity contribution in [3.63, 3.8) is 0 Å². The van der Waals surface area contributed by atoms with Crippen LogP contribution in [0.3, 0.4) is 0 Å². The summed E-state index contributed by atoms with van der Waals surface area (Å²) in [6.07, 6.45) is 2.54. The van der Waals surface area contributed by atoms with E-state index in [4.69, 9.17) is 0 Å². The number of nitrogens with zero attached hydrogens (tertiary/aromatic N) is 1. The van der Waals surface area contributed by atoms with E-state index in [1.807, 2.05) is 6.92 Å². The molecule has 0 aliphatic carbocycles. The molecule has 0 atom stereocenters. The van der Waals surface area contributed by atoms with E-state index in [1.54, 1.807) is 30.1 Å². The third-order valence-electron chi connectivity index (χ3n) is 1.21. The highest BCUT2D eigenvalue weighted by molar-refractivity contribution is 7.99. The van der Waals surface area contributed by atoms with Crippen molar-refractivity contribution in [2.75, 3.05) is 5.75 Å². The Kier molecular flexibility index (Phi) is 3.11. The first-order chi connectivity index (χ1) is 5.38. The number of thioether (sulfide) groups is 1. The fraction of sp³-hybridized carbons (Fsp3) is 0.250. The molecule has 0 fully saturated rings. The molecule has 1 aromatic heterocycles. The van der Waals surface area contributed by atoms with Crippen molar-refractivity contribution in [1.82, 2.24) is 4.98 Å². The quantitative estimate of drug-likeness (QED) is 0.509. The van der Waals surface area contributed by atoms with Gasteiger partial charge in [-0.2, -0.15) is 0 Å². The number of aromatic nitrogens is 1. The fourth-order valence-electron chi connectivity index (χ4n) is 0.750. The summed E-state index contributed by atoms with van der Waals surface area (Å²) in [6, 6.07) is 3.54. The predicted octanol–water partition coefficient (Wildman–Crippen LogP) is 2.01. The number of aldehydes is 1. The zero-order valence-corrected chi connectivity index (χ0v) is 7.10. The van der Waals surface area contributed by atoms with Crippen LogP contribution in [0.4, 0.5) is 0 Å². The maximum absolute atomic E-state index is 10.4. The molecule has 0 spiro atoms. The average molecular weight is 167 g/mol. The number of hydrogen-bond donors (Lipinski definition) is 0. The van der Waals surface area contributed by atoms with Crippen LogP contribution >= 0.6 is 11.8 Å². The van der Waals surface area contributed by atoms with Crippen molar-refractivity contribution >= 4 is 18.0 Å². The third-order valence-corrected chi connectivity index (χ3v) is 2.11. The molecule has 1 heterocycles. The molecule has 0 N–H and O–H groups in total. The lowest BCUT2D eigenvalue weighted by Crippen LogP contribution is -1.87. The Labute approximate surface area is 70.0 Å². The van der Waals surface area contributed by atoms with E-state index in [2.05, 4.69) is 4.98 Å². The van der Waals surface area contributed by atoms with E-state index < -0.39 is 0 Å². The number of carbonyl (C=O) groups excluding carboxylic acids is 1. The summed E-state index contributed by atoms with van der Waals surface area (Å²) in [4.78, 5) is 14.5. The molecule has 0 saturated heterocycles. The molecule has 0 saturated carbocycles. The molecule has 0 aliphatic rings. The molecule has 3 heteroatoms. The van der Waals surface area contributed by atoms with Crippen molar-refractivity contribution in [2.45, 2.75) is 11.9 Å². The Bertz CT molecular complexity index is 250. The van der Waals surface area contributed by atoms with E-state index in [0.29, 0.717) is 5.56 Å². The van der Waals surface area contributed by atoms with Gasteiger partial charge in [-0.3, -0.25) is 4.79 Å². The summed E-state index contributed by atoms with van der Waals surface area (Å²) in [5.74, 6) is 0.942. The van der Waals surface area contributed by atoms with Crippen molar-refractivity contribution in [3.8, 4) is 0 Å². The van der Waals surface area contributed by atoms with Gasteiger partial charge >= 0.3 is 0 Å². The lowest BCUT2D eigenvalue weighted by molar-refractivity contribution is 0.112. The van der Waals surface area contributed by atoms with Crippen LogP contribution in [-0.4, -0.2) is 17.0 Å². The van der Waals surface area contributed by atoms with Gasteiger partial charge in [0, 0.05) is 11.8 Å². The highest BCUT2D eigenvalue weighted by atomic mass is 32.2. The summed E-state index contributed by atoms with van der Waals surface area (Å²) in [7, 11) is 0. The van der Waals surface area contributed by atoms with Crippen LogP contribution in [0.1, 0.15) is 17.3 Å². The second-order valence-electron chi connectivity index (χ2n) is 1.95. The van der Waals surface area contributed by atoms with Gasteiger partial charge in [0.2, 0.25) is 0 Å². The number of carbonyl (C=O) groups is 1. The van der Waals surface area contributed by atoms with Crippen molar-refractivity contribution < 1.29 is 4.79 Å². The Morgan fingerprint density at radius 2 is 2.55 bits per heavy atom. The molecule has 2 nitrogen and oxygen atoms in total. The molecule has 0 unspecified atom stereocenters. The Balaban J connectivity index is 2.92. The van der Waals surface area contributed by atoms with Gasteiger partial charge in [0.25, 0.3) is 0 Å². The number of rotatable bonds is 3. The van der Waals surface area contributed by atoms with E-state index in [0.717, 1.165) is 17.1 Å². The summed E-state index contributed by atoms with van der Waals surface area (Å²) in [5, 5.41) is 0.824. The van der Waals surface area contributed by atoms with Crippen LogP contribution in [0.15, 0.2) is 23.4 Å². The number of pyridine rings is 1. The summed E-state index contributed by atoms with van der Waals surface area (Å²) >= 11 is 1.58. The number of hydrogen-bond acceptors (Lipinski definition) is 3. The molecule has 0 radical (unpaired) electrons. The Hall–Kier alpha value is -0.830. The van der Waals surface area contributed by atoms with Gasteiger partial charge < -0.3 is 0 Å². The van der Waals surface area contributed by atoms with E-state index in [-0.39, 0.29) is 0 Å². The maximum Gasteiger partial charge on any atom is 0.152 e. The van der Waals surface area contributed by atoms with Crippen LogP contribution < -0.4 is 0 Å². The molecule has 58 valence electrons. The largest absolute Gasteiger partial charge is 0.298 e. The van der Waals surface area contributed by atoms with Gasteiger partial charge in [-0.15, -0.1) is 11.8 Å². The zero-order valence-electron chi connectivity index (χ0n) is 6.28. The first-order valence-electron chi connectivity index (χ1n) is 3.41. The minimum atomic E-state index is 0.680. The van der Waals surface area contributed by atoms with Crippen LogP contribution in [0, 0.1) is 0 Å². The van der Waals surface area contributed by atoms with Gasteiger partial charge in [0.05, 0.1) is 0 Å². The van der Waals surface area contributed by atoms with Crippen LogP contribution in [0.5, 0.6) is 0 Å². The van der Waals surface area contributed by atoms with Crippen LogP contribution in [-0.2, 0) is 0 Å². The zero-order chi connectivity index (χ0) is 8.10. The molecule has 0 bridgehead atoms. The van der Waals surface area contributed by atoms with Gasteiger partial charge in [-0.25, -0.2) is 4.98 Å². The minimum Gasteiger partial charge on any atom is -0.298 e. The van der Waals surface area contributed by atoms with Crippen molar-refractivity contribution in [3.05, 3.63) is 23.9 Å². The highest BCUT2D eigenvalue weighted by Gasteiger charge is 1.99. The van der Waals surface area contributed by atoms with Crippen LogP contribution in [0.25, 0.3) is 0 Å². The highest BCUT2D eigenvalue weighted by Crippen LogP contribution is 2.17. The van der Waals surface area contributed by atoms with Gasteiger partial charge in [0.1, 0.15) is 5.03 Å². The molecule has 1 rings (SSSR count). The molecule has 0 aromatic carbocycles. The first kappa shape index (κ1) is 8.27. The van der Waals surface area contributed by atoms with Crippen LogP contribution in [0.2, 0.25) is 0 Å². The topological polar surface area (TPSA) is 30.0 Å². The van der Waals surface area contributed by atoms with Crippen molar-refractivity contribution in [1.29, 1.82) is 0 Å². The monoisotopic (exact) mass is 167 g/mol. The Morgan fingerprint density at radius 3 is 3.18 bits per heavy atom. The van der Waals surface area contributed by atoms with Gasteiger partial charge in [-0.05, 0) is 17.9 Å². The molecular formula is C8H9NOS. The summed E-state index contributed by atoms with van der Waals surface area (Å²) in [5.41, 5.74) is 0.680. The van der Waals surface area contributed by atoms with E-state index in [9.17, 15) is 4.79 Å². The standard InChI is InChI=1S/C8H9NOS/c1-2-11-8-7(6-10)4-3-5-9-8/h3-6H,2H2,1H3. The smallest absolute Gasteiger partial charge is 0.152 e. The minimum absolute atomic E-state index is 0.680. The van der Waals surface area contributed by atoms with Gasteiger partial charge in [0.15, 0.2) is 6.29 Å². The van der Waals surface area contributed by atoms with E-state index >= 15 is 0 Å². The SMILES string of the molecule is CCSc1ncccc1C=O. The lowest BCUT2D eigenvalue weighted by atomic mass is 10.3. The fourth-order valence-corrected chi connectivity index (χ4v) is 1.44. The maximum atomic E-state index is 10.4. The van der Waals surface area contributed by atoms with E-state index in [1.165, 1.54) is 0 Å². The summed E-state index contributed by atoms with van der Waals surface area (Å²) < 4.78 is 0. The molecule has 1 aromatic rings. The summed E-state index contributed by atoms with van der Waals surface area (Å²) in [6.45, 7) is 2.04. The normalized spacial score (nSPS) is 9.55. The average Bonchev–Trinajstić information content (AvgIpc) is 2.06. The first-order valence-corrected chi connectivity index (χ1v) is 4.40. The third kappa shape index (κ3) is 2.05. The van der Waals surface area contributed by atoms with Crippen molar-refractivity contribution in [2.24, 2.45) is 0 Å². The second-order valence-corrected chi connectivity index (χ2v) is 3.20. The molecule has 0 aliphatic heterocycles.